The molecule has 79 heavy (non-hydrogen) atoms. The number of carbonyl (C=O) groups excluding carboxylic acids is 2. The third-order valence-electron chi connectivity index (χ3n) is 16.4. The van der Waals surface area contributed by atoms with Crippen LogP contribution in [0, 0.1) is 10.8 Å². The van der Waals surface area contributed by atoms with Gasteiger partial charge in [0.05, 0.1) is 22.6 Å². The van der Waals surface area contributed by atoms with Crippen molar-refractivity contribution >= 4 is 90.2 Å². The van der Waals surface area contributed by atoms with E-state index >= 15 is 0 Å². The normalized spacial score (nSPS) is 24.4. The van der Waals surface area contributed by atoms with Gasteiger partial charge in [0.15, 0.2) is 0 Å². The van der Waals surface area contributed by atoms with Gasteiger partial charge < -0.3 is 20.0 Å². The van der Waals surface area contributed by atoms with Crippen LogP contribution in [0.4, 0.5) is 0 Å². The molecular weight excluding hydrogens is 1130 g/mol. The lowest BCUT2D eigenvalue weighted by atomic mass is 9.66. The largest absolute Gasteiger partial charge is 0.481 e. The smallest absolute Gasteiger partial charge is 0.303 e. The molecule has 2 aliphatic carbocycles. The van der Waals surface area contributed by atoms with Gasteiger partial charge in [-0.25, -0.2) is 25.4 Å². The van der Waals surface area contributed by atoms with Crippen molar-refractivity contribution < 1.29 is 46.2 Å². The average Bonchev–Trinajstić information content (AvgIpc) is 4.47. The summed E-state index contributed by atoms with van der Waals surface area (Å²) in [6, 6.07) is 28.2. The van der Waals surface area contributed by atoms with Gasteiger partial charge in [0.25, 0.3) is 0 Å². The Bertz CT molecular complexity index is 2830. The van der Waals surface area contributed by atoms with Crippen LogP contribution in [-0.4, -0.2) is 119 Å². The van der Waals surface area contributed by atoms with Crippen LogP contribution >= 0.6 is 46.4 Å². The highest BCUT2D eigenvalue weighted by atomic mass is 35.5. The summed E-state index contributed by atoms with van der Waals surface area (Å²) in [5.74, 6) is -2.66. The Morgan fingerprint density at radius 2 is 0.899 bits per heavy atom. The zero-order chi connectivity index (χ0) is 57.1. The Labute approximate surface area is 487 Å². The van der Waals surface area contributed by atoms with Gasteiger partial charge in [-0.1, -0.05) is 130 Å². The Morgan fingerprint density at radius 1 is 0.570 bits per heavy atom. The Hall–Kier alpha value is -4.26. The van der Waals surface area contributed by atoms with Crippen molar-refractivity contribution in [3.63, 3.8) is 0 Å². The van der Waals surface area contributed by atoms with Gasteiger partial charge in [-0.3, -0.25) is 19.2 Å². The number of hydrogen-bond acceptors (Lipinski definition) is 8. The van der Waals surface area contributed by atoms with Gasteiger partial charge in [-0.05, 0) is 135 Å². The van der Waals surface area contributed by atoms with Gasteiger partial charge in [-0.15, -0.1) is 0 Å². The first-order chi connectivity index (χ1) is 36.7. The fourth-order valence-corrected chi connectivity index (χ4v) is 15.5. The van der Waals surface area contributed by atoms with Crippen LogP contribution in [0.3, 0.4) is 0 Å². The third-order valence-corrected chi connectivity index (χ3v) is 22.0. The van der Waals surface area contributed by atoms with Gasteiger partial charge >= 0.3 is 11.9 Å². The lowest BCUT2D eigenvalue weighted by Gasteiger charge is -2.52. The number of halogens is 4. The summed E-state index contributed by atoms with van der Waals surface area (Å²) in [5, 5.41) is 20.5. The SMILES string of the molecule is C.CC[C@@H](CN(C)S(=O)(=O)C1CC1)N1C(=O)[C@@](C)(CCC(=O)O)C[C@H](c2cccc(Cl)c2)[C@H]1c1ccc(Cl)cc1.CC[C@@H](CN(C)S(=O)(=O)C1CC1)N1C(=O)[C@](C)(CCC(=O)O)C[C@H](c2cccc(Cl)c2)[C@H]1c1ccc(Cl)cc1. The predicted molar refractivity (Wildman–Crippen MR) is 314 cm³/mol. The highest BCUT2D eigenvalue weighted by molar-refractivity contribution is 7.90. The van der Waals surface area contributed by atoms with Gasteiger partial charge in [0.2, 0.25) is 31.9 Å². The van der Waals surface area contributed by atoms with Crippen molar-refractivity contribution in [2.75, 3.05) is 27.2 Å². The zero-order valence-electron chi connectivity index (χ0n) is 45.0. The molecule has 0 aromatic heterocycles. The molecule has 2 saturated heterocycles. The molecule has 2 saturated carbocycles. The number of benzene rings is 4. The molecule has 4 aliphatic rings. The van der Waals surface area contributed by atoms with Crippen LogP contribution in [0.5, 0.6) is 0 Å². The molecule has 14 nitrogen and oxygen atoms in total. The van der Waals surface area contributed by atoms with Crippen LogP contribution in [0.25, 0.3) is 0 Å². The van der Waals surface area contributed by atoms with E-state index < -0.39 is 67.0 Å². The van der Waals surface area contributed by atoms with Crippen molar-refractivity contribution in [1.82, 2.24) is 18.4 Å². The number of amides is 2. The molecule has 0 unspecified atom stereocenters. The summed E-state index contributed by atoms with van der Waals surface area (Å²) >= 11 is 25.3. The predicted octanol–water partition coefficient (Wildman–Crippen LogP) is 12.9. The fraction of sp³-hybridized carbons (Fsp3) is 0.525. The summed E-state index contributed by atoms with van der Waals surface area (Å²) in [6.45, 7) is 7.87. The van der Waals surface area contributed by atoms with E-state index in [0.717, 1.165) is 22.3 Å². The van der Waals surface area contributed by atoms with Crippen molar-refractivity contribution in [2.24, 2.45) is 10.8 Å². The van der Waals surface area contributed by atoms with E-state index in [1.54, 1.807) is 50.5 Å². The summed E-state index contributed by atoms with van der Waals surface area (Å²) in [5.41, 5.74) is 1.71. The van der Waals surface area contributed by atoms with Crippen LogP contribution in [0.2, 0.25) is 20.1 Å². The Morgan fingerprint density at radius 3 is 1.18 bits per heavy atom. The molecule has 2 aliphatic heterocycles. The first-order valence-electron chi connectivity index (χ1n) is 26.8. The molecule has 2 heterocycles. The number of likely N-dealkylation sites (N-methyl/N-ethyl adjacent to an activating group) is 2. The second kappa shape index (κ2) is 26.3. The van der Waals surface area contributed by atoms with Crippen molar-refractivity contribution in [3.05, 3.63) is 139 Å². The molecule has 2 N–H and O–H groups in total. The molecule has 8 atom stereocenters. The standard InChI is InChI=1S/2C29H36Cl2N2O5S.CH4/c2*1-4-23(18-32(3)39(37,38)24-12-13-24)33-27(19-8-10-21(30)11-9-19)25(20-6-5-7-22(31)16-20)17-29(2,28(33)36)15-14-26(34)35;/h2*5-11,16,23-25,27H,4,12-15,17-18H2,1-3H3,(H,34,35);1H4/t23-,25+,27+,29+;23-,25+,27+,29-;/m00./s1. The quantitative estimate of drug-likeness (QED) is 0.0766. The number of carboxylic acids is 2. The van der Waals surface area contributed by atoms with E-state index in [0.29, 0.717) is 71.5 Å². The summed E-state index contributed by atoms with van der Waals surface area (Å²) in [4.78, 5) is 55.7. The van der Waals surface area contributed by atoms with E-state index in [4.69, 9.17) is 46.4 Å². The van der Waals surface area contributed by atoms with Crippen LogP contribution in [-0.2, 0) is 39.2 Å². The number of rotatable bonds is 22. The zero-order valence-corrected chi connectivity index (χ0v) is 49.7. The number of carbonyl (C=O) groups is 4. The molecule has 2 amide bonds. The first kappa shape index (κ1) is 63.9. The van der Waals surface area contributed by atoms with Crippen molar-refractivity contribution in [3.8, 4) is 0 Å². The van der Waals surface area contributed by atoms with Gasteiger partial charge in [0, 0.05) is 94.9 Å². The fourth-order valence-electron chi connectivity index (χ4n) is 11.7. The van der Waals surface area contributed by atoms with Crippen molar-refractivity contribution in [2.45, 2.75) is 159 Å². The minimum atomic E-state index is -3.45. The molecule has 4 aromatic rings. The van der Waals surface area contributed by atoms with Crippen LogP contribution < -0.4 is 0 Å². The maximum Gasteiger partial charge on any atom is 0.303 e. The minimum Gasteiger partial charge on any atom is -0.481 e. The molecule has 432 valence electrons. The lowest BCUT2D eigenvalue weighted by Crippen LogP contribution is -2.58. The molecule has 0 radical (unpaired) electrons. The minimum absolute atomic E-state index is 0. The molecule has 0 bridgehead atoms. The second-order valence-corrected chi connectivity index (χ2v) is 28.6. The summed E-state index contributed by atoms with van der Waals surface area (Å²) in [7, 11) is -3.74. The lowest BCUT2D eigenvalue weighted by molar-refractivity contribution is -0.157. The summed E-state index contributed by atoms with van der Waals surface area (Å²) < 4.78 is 55.0. The average molecular weight is 1210 g/mol. The highest BCUT2D eigenvalue weighted by Crippen LogP contribution is 2.54. The van der Waals surface area contributed by atoms with E-state index in [1.807, 2.05) is 98.2 Å². The number of piperidine rings is 2. The monoisotopic (exact) mass is 1200 g/mol. The number of nitrogens with zero attached hydrogens (tertiary/aromatic N) is 4. The molecule has 4 aromatic carbocycles. The van der Waals surface area contributed by atoms with E-state index in [9.17, 15) is 46.2 Å². The van der Waals surface area contributed by atoms with Gasteiger partial charge in [-0.2, -0.15) is 0 Å². The summed E-state index contributed by atoms with van der Waals surface area (Å²) in [6.07, 6.45) is 4.60. The van der Waals surface area contributed by atoms with Crippen LogP contribution in [0.15, 0.2) is 97.1 Å². The van der Waals surface area contributed by atoms with E-state index in [2.05, 4.69) is 0 Å². The topological polar surface area (TPSA) is 190 Å². The maximum absolute atomic E-state index is 14.4. The Balaban J connectivity index is 0.000000252. The maximum atomic E-state index is 14.4. The number of likely N-dealkylation sites (tertiary alicyclic amines) is 2. The Kier molecular flexibility index (Phi) is 21.3. The number of hydrogen-bond donors (Lipinski definition) is 2. The van der Waals surface area contributed by atoms with E-state index in [1.165, 1.54) is 8.61 Å². The third kappa shape index (κ3) is 14.9. The molecular formula is C59H76Cl4N4O10S2. The second-order valence-electron chi connectivity index (χ2n) is 22.2. The molecule has 20 heteroatoms. The van der Waals surface area contributed by atoms with Gasteiger partial charge in [0.1, 0.15) is 0 Å². The molecule has 0 spiro atoms. The molecule has 8 rings (SSSR count). The first-order valence-corrected chi connectivity index (χ1v) is 31.3. The van der Waals surface area contributed by atoms with Crippen LogP contribution in [0.1, 0.15) is 158 Å². The number of carboxylic acid groups (broad SMARTS) is 2. The van der Waals surface area contributed by atoms with Crippen molar-refractivity contribution in [1.29, 1.82) is 0 Å². The number of aliphatic carboxylic acids is 2. The number of sulfonamides is 2. The highest BCUT2D eigenvalue weighted by Gasteiger charge is 2.54. The van der Waals surface area contributed by atoms with E-state index in [-0.39, 0.29) is 80.3 Å². The molecule has 4 fully saturated rings.